The molecular formula is C15H16N2. The number of nitrogens with zero attached hydrogens (tertiary/aromatic N) is 2. The van der Waals surface area contributed by atoms with Gasteiger partial charge in [-0.05, 0) is 54.6 Å². The summed E-state index contributed by atoms with van der Waals surface area (Å²) < 4.78 is 0. The molecule has 1 aromatic heterocycles. The van der Waals surface area contributed by atoms with Crippen molar-refractivity contribution in [3.05, 3.63) is 46.9 Å². The maximum Gasteiger partial charge on any atom is 0.0429 e. The second kappa shape index (κ2) is 3.59. The lowest BCUT2D eigenvalue weighted by Crippen LogP contribution is -2.19. The van der Waals surface area contributed by atoms with E-state index in [0.717, 1.165) is 12.2 Å². The molecule has 86 valence electrons. The van der Waals surface area contributed by atoms with Crippen molar-refractivity contribution in [3.63, 3.8) is 0 Å². The molecule has 1 aromatic carbocycles. The highest BCUT2D eigenvalue weighted by Gasteiger charge is 2.12. The Balaban J connectivity index is 2.25. The average Bonchev–Trinajstić information content (AvgIpc) is 2.28. The number of aryl methyl sites for hydroxylation is 1. The van der Waals surface area contributed by atoms with Gasteiger partial charge in [0.15, 0.2) is 0 Å². The molecule has 0 atom stereocenters. The summed E-state index contributed by atoms with van der Waals surface area (Å²) in [7, 11) is 2.14. The lowest BCUT2D eigenvalue weighted by molar-refractivity contribution is 0.410. The molecule has 17 heavy (non-hydrogen) atoms. The van der Waals surface area contributed by atoms with Gasteiger partial charge in [0.2, 0.25) is 0 Å². The second-order valence-electron chi connectivity index (χ2n) is 4.87. The van der Waals surface area contributed by atoms with Gasteiger partial charge in [-0.15, -0.1) is 0 Å². The molecule has 2 heterocycles. The number of aromatic nitrogens is 1. The molecule has 0 saturated carbocycles. The van der Waals surface area contributed by atoms with Gasteiger partial charge in [0, 0.05) is 36.6 Å². The van der Waals surface area contributed by atoms with Crippen LogP contribution in [0.5, 0.6) is 0 Å². The second-order valence-corrected chi connectivity index (χ2v) is 4.87. The summed E-state index contributed by atoms with van der Waals surface area (Å²) in [5.74, 6) is 0. The quantitative estimate of drug-likeness (QED) is 0.682. The molecule has 0 saturated heterocycles. The van der Waals surface area contributed by atoms with Gasteiger partial charge in [-0.2, -0.15) is 0 Å². The molecule has 0 bridgehead atoms. The van der Waals surface area contributed by atoms with Crippen LogP contribution < -0.4 is 0 Å². The van der Waals surface area contributed by atoms with Gasteiger partial charge in [-0.25, -0.2) is 0 Å². The van der Waals surface area contributed by atoms with Crippen molar-refractivity contribution in [3.8, 4) is 0 Å². The minimum Gasteiger partial charge on any atom is -0.374 e. The van der Waals surface area contributed by atoms with Gasteiger partial charge >= 0.3 is 0 Å². The maximum atomic E-state index is 4.36. The summed E-state index contributed by atoms with van der Waals surface area (Å²) in [5.41, 5.74) is 5.13. The molecule has 0 radical (unpaired) electrons. The molecule has 3 rings (SSSR count). The Kier molecular flexibility index (Phi) is 2.18. The summed E-state index contributed by atoms with van der Waals surface area (Å²) in [6.45, 7) is 5.19. The normalized spacial score (nSPS) is 14.8. The Morgan fingerprint density at radius 3 is 2.76 bits per heavy atom. The first kappa shape index (κ1) is 10.3. The zero-order valence-electron chi connectivity index (χ0n) is 10.5. The van der Waals surface area contributed by atoms with E-state index in [1.54, 1.807) is 0 Å². The average molecular weight is 224 g/mol. The molecule has 0 unspecified atom stereocenters. The van der Waals surface area contributed by atoms with Crippen LogP contribution in [0.25, 0.3) is 16.8 Å². The highest BCUT2D eigenvalue weighted by molar-refractivity contribution is 5.86. The van der Waals surface area contributed by atoms with E-state index < -0.39 is 0 Å². The highest BCUT2D eigenvalue weighted by atomic mass is 15.1. The first-order chi connectivity index (χ1) is 8.13. The summed E-state index contributed by atoms with van der Waals surface area (Å²) in [6, 6.07) is 6.69. The van der Waals surface area contributed by atoms with E-state index in [-0.39, 0.29) is 0 Å². The highest BCUT2D eigenvalue weighted by Crippen LogP contribution is 2.27. The van der Waals surface area contributed by atoms with Crippen molar-refractivity contribution in [2.75, 3.05) is 7.05 Å². The van der Waals surface area contributed by atoms with E-state index >= 15 is 0 Å². The smallest absolute Gasteiger partial charge is 0.0429 e. The molecule has 1 aliphatic heterocycles. The fraction of sp³-hybridized carbons (Fsp3) is 0.267. The monoisotopic (exact) mass is 224 g/mol. The number of rotatable bonds is 0. The number of benzene rings is 1. The number of fused-ring (bicyclic) bond motifs is 2. The molecule has 2 heteroatoms. The number of hydrogen-bond donors (Lipinski definition) is 0. The van der Waals surface area contributed by atoms with Crippen LogP contribution in [0.2, 0.25) is 0 Å². The van der Waals surface area contributed by atoms with Crippen molar-refractivity contribution in [2.24, 2.45) is 0 Å². The van der Waals surface area contributed by atoms with Crippen LogP contribution in [0.3, 0.4) is 0 Å². The standard InChI is InChI=1S/C15H16N2/c1-10-4-12-7-15-9-17(3)11(2)5-13(15)6-14(12)8-16-10/h4-8H,9H2,1-3H3. The maximum absolute atomic E-state index is 4.36. The van der Waals surface area contributed by atoms with Crippen molar-refractivity contribution in [2.45, 2.75) is 20.4 Å². The van der Waals surface area contributed by atoms with Crippen molar-refractivity contribution < 1.29 is 0 Å². The Labute approximate surface area is 102 Å². The molecule has 0 aliphatic carbocycles. The van der Waals surface area contributed by atoms with E-state index in [9.17, 15) is 0 Å². The predicted octanol–water partition coefficient (Wildman–Crippen LogP) is 3.35. The number of pyridine rings is 1. The Morgan fingerprint density at radius 1 is 1.12 bits per heavy atom. The summed E-state index contributed by atoms with van der Waals surface area (Å²) >= 11 is 0. The van der Waals surface area contributed by atoms with Crippen LogP contribution in [0, 0.1) is 6.92 Å². The van der Waals surface area contributed by atoms with Gasteiger partial charge < -0.3 is 4.90 Å². The molecule has 0 amide bonds. The lowest BCUT2D eigenvalue weighted by atomic mass is 9.98. The topological polar surface area (TPSA) is 16.1 Å². The SMILES string of the molecule is CC1=Cc2cc3cnc(C)cc3cc2CN1C. The zero-order chi connectivity index (χ0) is 12.0. The van der Waals surface area contributed by atoms with Crippen molar-refractivity contribution in [1.82, 2.24) is 9.88 Å². The van der Waals surface area contributed by atoms with E-state index in [0.29, 0.717) is 0 Å². The third-order valence-corrected chi connectivity index (χ3v) is 3.49. The molecule has 0 N–H and O–H groups in total. The van der Waals surface area contributed by atoms with E-state index in [1.165, 1.54) is 27.6 Å². The predicted molar refractivity (Wildman–Crippen MR) is 71.6 cm³/mol. The Morgan fingerprint density at radius 2 is 1.94 bits per heavy atom. The van der Waals surface area contributed by atoms with Crippen molar-refractivity contribution >= 4 is 16.8 Å². The summed E-state index contributed by atoms with van der Waals surface area (Å²) in [6.07, 6.45) is 4.21. The molecule has 2 nitrogen and oxygen atoms in total. The largest absolute Gasteiger partial charge is 0.374 e. The summed E-state index contributed by atoms with van der Waals surface area (Å²) in [5, 5.41) is 2.51. The third kappa shape index (κ3) is 1.70. The van der Waals surface area contributed by atoms with Crippen LogP contribution in [0.4, 0.5) is 0 Å². The van der Waals surface area contributed by atoms with Crippen LogP contribution in [0.1, 0.15) is 23.7 Å². The number of hydrogen-bond acceptors (Lipinski definition) is 2. The minimum absolute atomic E-state index is 0.995. The van der Waals surface area contributed by atoms with Crippen LogP contribution in [-0.4, -0.2) is 16.9 Å². The molecular weight excluding hydrogens is 208 g/mol. The number of allylic oxidation sites excluding steroid dienone is 1. The van der Waals surface area contributed by atoms with Gasteiger partial charge in [0.1, 0.15) is 0 Å². The molecule has 0 fully saturated rings. The van der Waals surface area contributed by atoms with Crippen LogP contribution in [0.15, 0.2) is 30.1 Å². The van der Waals surface area contributed by atoms with Gasteiger partial charge in [-0.1, -0.05) is 0 Å². The Bertz CT molecular complexity index is 626. The molecule has 0 spiro atoms. The minimum atomic E-state index is 0.995. The molecule has 1 aliphatic rings. The third-order valence-electron chi connectivity index (χ3n) is 3.49. The van der Waals surface area contributed by atoms with Gasteiger partial charge in [0.25, 0.3) is 0 Å². The van der Waals surface area contributed by atoms with Gasteiger partial charge in [-0.3, -0.25) is 4.98 Å². The Hall–Kier alpha value is -1.83. The first-order valence-corrected chi connectivity index (χ1v) is 5.92. The van der Waals surface area contributed by atoms with Crippen LogP contribution >= 0.6 is 0 Å². The molecule has 2 aromatic rings. The fourth-order valence-corrected chi connectivity index (χ4v) is 2.36. The van der Waals surface area contributed by atoms with E-state index in [4.69, 9.17) is 0 Å². The van der Waals surface area contributed by atoms with Crippen LogP contribution in [-0.2, 0) is 6.54 Å². The van der Waals surface area contributed by atoms with Crippen molar-refractivity contribution in [1.29, 1.82) is 0 Å². The first-order valence-electron chi connectivity index (χ1n) is 5.92. The summed E-state index contributed by atoms with van der Waals surface area (Å²) in [4.78, 5) is 6.64. The fourth-order valence-electron chi connectivity index (χ4n) is 2.36. The van der Waals surface area contributed by atoms with E-state index in [1.807, 2.05) is 13.1 Å². The zero-order valence-corrected chi connectivity index (χ0v) is 10.5. The lowest BCUT2D eigenvalue weighted by Gasteiger charge is -2.26. The van der Waals surface area contributed by atoms with Gasteiger partial charge in [0.05, 0.1) is 0 Å². The van der Waals surface area contributed by atoms with E-state index in [2.05, 4.69) is 48.1 Å².